The maximum Gasteiger partial charge on any atom is 0.189 e. The third-order valence-corrected chi connectivity index (χ3v) is 2.09. The fourth-order valence-corrected chi connectivity index (χ4v) is 1.37. The van der Waals surface area contributed by atoms with Crippen LogP contribution < -0.4 is 10.5 Å². The second kappa shape index (κ2) is 6.45. The molecule has 0 saturated heterocycles. The molecule has 0 fully saturated rings. The predicted octanol–water partition coefficient (Wildman–Crippen LogP) is 1.65. The average molecular weight is 224 g/mol. The van der Waals surface area contributed by atoms with E-state index in [-0.39, 0.29) is 12.8 Å². The fraction of sp³-hybridized carbons (Fsp3) is 0.583. The summed E-state index contributed by atoms with van der Waals surface area (Å²) >= 11 is 0. The first-order chi connectivity index (χ1) is 7.63. The van der Waals surface area contributed by atoms with Gasteiger partial charge in [0.1, 0.15) is 5.75 Å². The van der Waals surface area contributed by atoms with Gasteiger partial charge in [0.05, 0.1) is 5.69 Å². The van der Waals surface area contributed by atoms with Crippen molar-refractivity contribution in [1.82, 2.24) is 4.98 Å². The van der Waals surface area contributed by atoms with Crippen LogP contribution in [0.1, 0.15) is 25.2 Å². The van der Waals surface area contributed by atoms with Gasteiger partial charge in [-0.3, -0.25) is 4.98 Å². The lowest BCUT2D eigenvalue weighted by Gasteiger charge is -2.12. The summed E-state index contributed by atoms with van der Waals surface area (Å²) in [5.41, 5.74) is 7.64. The van der Waals surface area contributed by atoms with Gasteiger partial charge in [-0.1, -0.05) is 0 Å². The van der Waals surface area contributed by atoms with Crippen molar-refractivity contribution in [2.24, 2.45) is 5.73 Å². The minimum absolute atomic E-state index is 0.0729. The smallest absolute Gasteiger partial charge is 0.189 e. The summed E-state index contributed by atoms with van der Waals surface area (Å²) in [7, 11) is 0. The molecule has 0 bridgehead atoms. The monoisotopic (exact) mass is 224 g/mol. The van der Waals surface area contributed by atoms with Crippen molar-refractivity contribution >= 4 is 0 Å². The Morgan fingerprint density at radius 2 is 2.19 bits per heavy atom. The Bertz CT molecular complexity index is 327. The molecule has 0 aromatic carbocycles. The zero-order valence-corrected chi connectivity index (χ0v) is 10.2. The number of pyridine rings is 1. The van der Waals surface area contributed by atoms with E-state index >= 15 is 0 Å². The first kappa shape index (κ1) is 12.9. The molecule has 0 aliphatic rings. The molecule has 1 heterocycles. The standard InChI is InChI=1S/C12H20N2O2/c1-4-15-8-16-12-6-5-10(3)14-11(12)7-9(2)13/h5-6,9H,4,7-8,13H2,1-3H3. The number of hydrogen-bond acceptors (Lipinski definition) is 4. The zero-order chi connectivity index (χ0) is 12.0. The molecule has 4 nitrogen and oxygen atoms in total. The molecule has 0 aliphatic carbocycles. The van der Waals surface area contributed by atoms with Crippen LogP contribution in [0.25, 0.3) is 0 Å². The van der Waals surface area contributed by atoms with E-state index in [1.807, 2.05) is 32.9 Å². The van der Waals surface area contributed by atoms with E-state index in [9.17, 15) is 0 Å². The van der Waals surface area contributed by atoms with E-state index in [2.05, 4.69) is 4.98 Å². The molecule has 16 heavy (non-hydrogen) atoms. The molecule has 1 aromatic heterocycles. The molecule has 2 N–H and O–H groups in total. The first-order valence-corrected chi connectivity index (χ1v) is 5.56. The highest BCUT2D eigenvalue weighted by Gasteiger charge is 2.08. The van der Waals surface area contributed by atoms with Crippen LogP contribution in [0.3, 0.4) is 0 Å². The average Bonchev–Trinajstić information content (AvgIpc) is 2.20. The summed E-state index contributed by atoms with van der Waals surface area (Å²) in [5.74, 6) is 0.761. The molecule has 1 atom stereocenters. The van der Waals surface area contributed by atoms with E-state index in [0.29, 0.717) is 13.0 Å². The van der Waals surface area contributed by atoms with Crippen LogP contribution in [0.4, 0.5) is 0 Å². The van der Waals surface area contributed by atoms with E-state index < -0.39 is 0 Å². The zero-order valence-electron chi connectivity index (χ0n) is 10.2. The van der Waals surface area contributed by atoms with E-state index in [1.165, 1.54) is 0 Å². The van der Waals surface area contributed by atoms with Gasteiger partial charge in [0.15, 0.2) is 6.79 Å². The second-order valence-corrected chi connectivity index (χ2v) is 3.83. The molecular formula is C12H20N2O2. The van der Waals surface area contributed by atoms with Crippen LogP contribution in [0.15, 0.2) is 12.1 Å². The summed E-state index contributed by atoms with van der Waals surface area (Å²) in [6.07, 6.45) is 0.711. The first-order valence-electron chi connectivity index (χ1n) is 5.56. The Morgan fingerprint density at radius 1 is 1.44 bits per heavy atom. The fourth-order valence-electron chi connectivity index (χ4n) is 1.37. The molecule has 0 radical (unpaired) electrons. The highest BCUT2D eigenvalue weighted by atomic mass is 16.7. The molecule has 1 aromatic rings. The van der Waals surface area contributed by atoms with Crippen molar-refractivity contribution in [3.63, 3.8) is 0 Å². The Balaban J connectivity index is 2.72. The topological polar surface area (TPSA) is 57.4 Å². The molecule has 0 aliphatic heterocycles. The lowest BCUT2D eigenvalue weighted by atomic mass is 10.1. The number of nitrogens with two attached hydrogens (primary N) is 1. The molecule has 0 amide bonds. The van der Waals surface area contributed by atoms with Gasteiger partial charge >= 0.3 is 0 Å². The largest absolute Gasteiger partial charge is 0.466 e. The van der Waals surface area contributed by atoms with Crippen molar-refractivity contribution < 1.29 is 9.47 Å². The normalized spacial score (nSPS) is 12.5. The molecular weight excluding hydrogens is 204 g/mol. The van der Waals surface area contributed by atoms with Crippen LogP contribution in [0.2, 0.25) is 0 Å². The van der Waals surface area contributed by atoms with Gasteiger partial charge in [-0.25, -0.2) is 0 Å². The number of hydrogen-bond donors (Lipinski definition) is 1. The van der Waals surface area contributed by atoms with Crippen molar-refractivity contribution in [2.45, 2.75) is 33.2 Å². The lowest BCUT2D eigenvalue weighted by molar-refractivity contribution is 0.0215. The van der Waals surface area contributed by atoms with E-state index in [4.69, 9.17) is 15.2 Å². The molecule has 1 unspecified atom stereocenters. The number of rotatable bonds is 6. The molecule has 0 spiro atoms. The predicted molar refractivity (Wildman–Crippen MR) is 63.4 cm³/mol. The maximum atomic E-state index is 5.77. The van der Waals surface area contributed by atoms with Crippen LogP contribution in [-0.2, 0) is 11.2 Å². The number of ether oxygens (including phenoxy) is 2. The molecule has 0 saturated carbocycles. The van der Waals surface area contributed by atoms with Gasteiger partial charge in [0, 0.05) is 24.8 Å². The summed E-state index contributed by atoms with van der Waals surface area (Å²) in [5, 5.41) is 0. The lowest BCUT2D eigenvalue weighted by Crippen LogP contribution is -2.19. The van der Waals surface area contributed by atoms with Crippen molar-refractivity contribution in [3.05, 3.63) is 23.5 Å². The Hall–Kier alpha value is -1.13. The van der Waals surface area contributed by atoms with Crippen LogP contribution in [0.5, 0.6) is 5.75 Å². The third kappa shape index (κ3) is 4.16. The quantitative estimate of drug-likeness (QED) is 0.589. The van der Waals surface area contributed by atoms with Crippen LogP contribution >= 0.6 is 0 Å². The van der Waals surface area contributed by atoms with Crippen LogP contribution in [0, 0.1) is 6.92 Å². The Labute approximate surface area is 96.8 Å². The summed E-state index contributed by atoms with van der Waals surface area (Å²) in [6, 6.07) is 3.91. The minimum Gasteiger partial charge on any atom is -0.466 e. The van der Waals surface area contributed by atoms with Crippen molar-refractivity contribution in [1.29, 1.82) is 0 Å². The summed E-state index contributed by atoms with van der Waals surface area (Å²) in [6.45, 7) is 6.74. The van der Waals surface area contributed by atoms with E-state index in [0.717, 1.165) is 17.1 Å². The second-order valence-electron chi connectivity index (χ2n) is 3.83. The summed E-state index contributed by atoms with van der Waals surface area (Å²) in [4.78, 5) is 4.43. The number of nitrogens with zero attached hydrogens (tertiary/aromatic N) is 1. The van der Waals surface area contributed by atoms with Crippen molar-refractivity contribution in [3.8, 4) is 5.75 Å². The molecule has 1 rings (SSSR count). The number of aryl methyl sites for hydroxylation is 1. The number of aromatic nitrogens is 1. The van der Waals surface area contributed by atoms with Gasteiger partial charge in [-0.05, 0) is 32.9 Å². The Kier molecular flexibility index (Phi) is 5.22. The van der Waals surface area contributed by atoms with Gasteiger partial charge in [-0.15, -0.1) is 0 Å². The van der Waals surface area contributed by atoms with Crippen molar-refractivity contribution in [2.75, 3.05) is 13.4 Å². The highest BCUT2D eigenvalue weighted by molar-refractivity contribution is 5.29. The maximum absolute atomic E-state index is 5.77. The minimum atomic E-state index is 0.0729. The third-order valence-electron chi connectivity index (χ3n) is 2.09. The SMILES string of the molecule is CCOCOc1ccc(C)nc1CC(C)N. The van der Waals surface area contributed by atoms with E-state index in [1.54, 1.807) is 0 Å². The van der Waals surface area contributed by atoms with Crippen LogP contribution in [-0.4, -0.2) is 24.4 Å². The molecule has 4 heteroatoms. The van der Waals surface area contributed by atoms with Gasteiger partial charge in [-0.2, -0.15) is 0 Å². The van der Waals surface area contributed by atoms with Gasteiger partial charge < -0.3 is 15.2 Å². The molecule has 90 valence electrons. The van der Waals surface area contributed by atoms with Gasteiger partial charge in [0.25, 0.3) is 0 Å². The highest BCUT2D eigenvalue weighted by Crippen LogP contribution is 2.18. The van der Waals surface area contributed by atoms with Gasteiger partial charge in [0.2, 0.25) is 0 Å². The Morgan fingerprint density at radius 3 is 2.81 bits per heavy atom. The summed E-state index contributed by atoms with van der Waals surface area (Å²) < 4.78 is 10.6.